The molecule has 3 aromatic heterocycles. The summed E-state index contributed by atoms with van der Waals surface area (Å²) in [5, 5.41) is 33.4. The number of alkyl halides is 3. The molecule has 0 saturated heterocycles. The number of nitrogens with one attached hydrogen (secondary N) is 1. The van der Waals surface area contributed by atoms with Crippen molar-refractivity contribution in [3.8, 4) is 16.9 Å². The van der Waals surface area contributed by atoms with E-state index in [1.807, 2.05) is 0 Å². The lowest BCUT2D eigenvalue weighted by Crippen LogP contribution is -2.50. The topological polar surface area (TPSA) is 167 Å². The number of aryl methyl sites for hydroxylation is 2. The summed E-state index contributed by atoms with van der Waals surface area (Å²) in [5.74, 6) is -3.54. The molecule has 2 aromatic carbocycles. The average molecular weight is 634 g/mol. The van der Waals surface area contributed by atoms with E-state index in [0.29, 0.717) is 34.3 Å². The maximum absolute atomic E-state index is 14.2. The Morgan fingerprint density at radius 1 is 0.957 bits per heavy atom. The minimum Gasteiger partial charge on any atom is -0.480 e. The molecule has 0 spiro atoms. The van der Waals surface area contributed by atoms with E-state index in [0.717, 1.165) is 11.0 Å². The molecule has 0 radical (unpaired) electrons. The van der Waals surface area contributed by atoms with Gasteiger partial charge in [0.2, 0.25) is 5.95 Å². The predicted octanol–water partition coefficient (Wildman–Crippen LogP) is 5.14. The maximum Gasteiger partial charge on any atom is 0.416 e. The third-order valence-corrected chi connectivity index (χ3v) is 6.96. The first kappa shape index (κ1) is 31.6. The minimum absolute atomic E-state index is 0.0320. The number of halogens is 3. The number of benzene rings is 2. The minimum atomic E-state index is -4.87. The molecule has 3 heterocycles. The lowest BCUT2D eigenvalue weighted by atomic mass is 10.0. The molecule has 2 unspecified atom stereocenters. The number of imidazole rings is 1. The molecule has 46 heavy (non-hydrogen) atoms. The number of aliphatic carboxylic acids is 2. The summed E-state index contributed by atoms with van der Waals surface area (Å²) in [4.78, 5) is 42.1. The highest BCUT2D eigenvalue weighted by atomic mass is 19.4. The summed E-state index contributed by atoms with van der Waals surface area (Å²) in [6, 6.07) is 10.1. The van der Waals surface area contributed by atoms with E-state index in [2.05, 4.69) is 25.3 Å². The second-order valence-electron chi connectivity index (χ2n) is 10.2. The fourth-order valence-electron chi connectivity index (χ4n) is 4.71. The Labute approximate surface area is 259 Å². The first-order valence-corrected chi connectivity index (χ1v) is 13.6. The summed E-state index contributed by atoms with van der Waals surface area (Å²) in [6.45, 7) is 3.35. The zero-order valence-corrected chi connectivity index (χ0v) is 24.2. The van der Waals surface area contributed by atoms with Crippen LogP contribution in [0.15, 0.2) is 85.7 Å². The number of carboxylic acids is 2. The van der Waals surface area contributed by atoms with Crippen LogP contribution in [0.5, 0.6) is 0 Å². The molecule has 0 aliphatic rings. The number of aliphatic hydroxyl groups is 1. The van der Waals surface area contributed by atoms with Crippen LogP contribution in [0.2, 0.25) is 0 Å². The van der Waals surface area contributed by atoms with Gasteiger partial charge in [-0.3, -0.25) is 4.98 Å². The number of hydrogen-bond acceptors (Lipinski definition) is 9. The van der Waals surface area contributed by atoms with Gasteiger partial charge in [-0.25, -0.2) is 24.5 Å². The normalized spacial score (nSPS) is 12.7. The third-order valence-electron chi connectivity index (χ3n) is 6.96. The number of rotatable bonds is 10. The van der Waals surface area contributed by atoms with Crippen LogP contribution in [-0.2, 0) is 15.8 Å². The number of aliphatic hydroxyl groups excluding tert-OH is 1. The van der Waals surface area contributed by atoms with Crippen molar-refractivity contribution < 1.29 is 38.1 Å². The molecule has 15 heteroatoms. The van der Waals surface area contributed by atoms with Gasteiger partial charge in [-0.2, -0.15) is 13.2 Å². The van der Waals surface area contributed by atoms with Crippen LogP contribution in [0.4, 0.5) is 36.2 Å². The molecule has 0 bridgehead atoms. The Bertz CT molecular complexity index is 1900. The Kier molecular flexibility index (Phi) is 8.69. The molecule has 5 aromatic rings. The van der Waals surface area contributed by atoms with Gasteiger partial charge in [-0.1, -0.05) is 6.07 Å². The average Bonchev–Trinajstić information content (AvgIpc) is 3.46. The van der Waals surface area contributed by atoms with Gasteiger partial charge in [0, 0.05) is 53.1 Å². The molecule has 5 rings (SSSR count). The molecule has 236 valence electrons. The van der Waals surface area contributed by atoms with Gasteiger partial charge in [-0.15, -0.1) is 0 Å². The summed E-state index contributed by atoms with van der Waals surface area (Å²) < 4.78 is 43.8. The molecule has 2 atom stereocenters. The van der Waals surface area contributed by atoms with Crippen LogP contribution in [0.3, 0.4) is 0 Å². The zero-order chi connectivity index (χ0) is 33.2. The Hall–Kier alpha value is -5.83. The van der Waals surface area contributed by atoms with Gasteiger partial charge in [0.05, 0.1) is 23.3 Å². The molecule has 0 aliphatic heterocycles. The van der Waals surface area contributed by atoms with Crippen molar-refractivity contribution in [3.63, 3.8) is 0 Å². The SMILES string of the molecule is Cc1cn(-c2cc(N(c3ccc(C)c(Nc4nccc(-c5cccnc5)n4)c3)C(C(=O)O)C(O)C(=O)O)cc(C(F)(F)F)c2)cn1. The Morgan fingerprint density at radius 3 is 2.37 bits per heavy atom. The van der Waals surface area contributed by atoms with Crippen LogP contribution in [0.25, 0.3) is 16.9 Å². The van der Waals surface area contributed by atoms with Crippen molar-refractivity contribution in [1.82, 2.24) is 24.5 Å². The lowest BCUT2D eigenvalue weighted by molar-refractivity contribution is -0.154. The summed E-state index contributed by atoms with van der Waals surface area (Å²) in [7, 11) is 0. The van der Waals surface area contributed by atoms with Crippen LogP contribution in [-0.4, -0.2) is 63.9 Å². The molecule has 0 amide bonds. The van der Waals surface area contributed by atoms with E-state index in [9.17, 15) is 38.1 Å². The van der Waals surface area contributed by atoms with E-state index in [-0.39, 0.29) is 23.0 Å². The highest BCUT2D eigenvalue weighted by Gasteiger charge is 2.40. The van der Waals surface area contributed by atoms with Crippen molar-refractivity contribution >= 4 is 34.9 Å². The first-order valence-electron chi connectivity index (χ1n) is 13.6. The standard InChI is InChI=1S/C31H26F3N7O5/c1-17-5-6-21(13-25(17)39-30-36-9-7-24(38-30)19-4-3-8-35-14-19)41(26(28(43)44)27(42)29(45)46)23-11-20(31(32,33)34)10-22(12-23)40-15-18(2)37-16-40/h3-16,26-27,42H,1-2H3,(H,43,44)(H,45,46)(H,36,38,39). The van der Waals surface area contributed by atoms with Gasteiger partial charge >= 0.3 is 18.1 Å². The molecule has 4 N–H and O–H groups in total. The van der Waals surface area contributed by atoms with Crippen molar-refractivity contribution in [1.29, 1.82) is 0 Å². The van der Waals surface area contributed by atoms with Gasteiger partial charge in [0.15, 0.2) is 12.1 Å². The summed E-state index contributed by atoms with van der Waals surface area (Å²) >= 11 is 0. The molecule has 12 nitrogen and oxygen atoms in total. The van der Waals surface area contributed by atoms with Crippen LogP contribution in [0, 0.1) is 13.8 Å². The number of hydrogen-bond donors (Lipinski definition) is 4. The van der Waals surface area contributed by atoms with E-state index in [1.165, 1.54) is 41.5 Å². The van der Waals surface area contributed by atoms with Crippen molar-refractivity contribution in [2.45, 2.75) is 32.2 Å². The van der Waals surface area contributed by atoms with Crippen molar-refractivity contribution in [2.75, 3.05) is 10.2 Å². The van der Waals surface area contributed by atoms with E-state index < -0.39 is 35.8 Å². The highest BCUT2D eigenvalue weighted by molar-refractivity contribution is 5.90. The fraction of sp³-hybridized carbons (Fsp3) is 0.161. The molecular formula is C31H26F3N7O5. The highest BCUT2D eigenvalue weighted by Crippen LogP contribution is 2.39. The number of nitrogens with zero attached hydrogens (tertiary/aromatic N) is 6. The Morgan fingerprint density at radius 2 is 1.74 bits per heavy atom. The quantitative estimate of drug-likeness (QED) is 0.161. The van der Waals surface area contributed by atoms with Crippen molar-refractivity contribution in [2.24, 2.45) is 0 Å². The summed E-state index contributed by atoms with van der Waals surface area (Å²) in [5.41, 5.74) is 1.13. The number of anilines is 4. The first-order chi connectivity index (χ1) is 21.8. The second-order valence-corrected chi connectivity index (χ2v) is 10.2. The monoisotopic (exact) mass is 633 g/mol. The predicted molar refractivity (Wildman–Crippen MR) is 160 cm³/mol. The zero-order valence-electron chi connectivity index (χ0n) is 24.2. The number of carbonyl (C=O) groups is 2. The van der Waals surface area contributed by atoms with Crippen LogP contribution < -0.4 is 10.2 Å². The molecular weight excluding hydrogens is 607 g/mol. The number of aromatic nitrogens is 5. The summed E-state index contributed by atoms with van der Waals surface area (Å²) in [6.07, 6.45) is 0.0831. The molecule has 0 aliphatic carbocycles. The maximum atomic E-state index is 14.2. The van der Waals surface area contributed by atoms with E-state index in [1.54, 1.807) is 50.5 Å². The van der Waals surface area contributed by atoms with E-state index in [4.69, 9.17) is 0 Å². The van der Waals surface area contributed by atoms with E-state index >= 15 is 0 Å². The fourth-order valence-corrected chi connectivity index (χ4v) is 4.71. The lowest BCUT2D eigenvalue weighted by Gasteiger charge is -2.33. The molecule has 0 fully saturated rings. The van der Waals surface area contributed by atoms with Gasteiger partial charge in [0.1, 0.15) is 0 Å². The number of pyridine rings is 1. The van der Waals surface area contributed by atoms with Crippen molar-refractivity contribution in [3.05, 3.63) is 103 Å². The van der Waals surface area contributed by atoms with Gasteiger partial charge < -0.3 is 30.1 Å². The second kappa shape index (κ2) is 12.6. The Balaban J connectivity index is 1.67. The largest absolute Gasteiger partial charge is 0.480 e. The third kappa shape index (κ3) is 6.78. The smallest absolute Gasteiger partial charge is 0.416 e. The van der Waals surface area contributed by atoms with Crippen LogP contribution in [0.1, 0.15) is 16.8 Å². The molecule has 0 saturated carbocycles. The number of carboxylic acid groups (broad SMARTS) is 2. The van der Waals surface area contributed by atoms with Gasteiger partial charge in [-0.05, 0) is 67.9 Å². The van der Waals surface area contributed by atoms with Crippen LogP contribution >= 0.6 is 0 Å². The van der Waals surface area contributed by atoms with Gasteiger partial charge in [0.25, 0.3) is 0 Å².